The average molecular weight is 472 g/mol. The molecule has 0 aliphatic carbocycles. The lowest BCUT2D eigenvalue weighted by molar-refractivity contribution is 0.0953. The molecule has 0 radical (unpaired) electrons. The van der Waals surface area contributed by atoms with Crippen molar-refractivity contribution in [1.82, 2.24) is 19.9 Å². The number of aryl methyl sites for hydroxylation is 2. The maximum absolute atomic E-state index is 12.1. The van der Waals surface area contributed by atoms with Crippen LogP contribution >= 0.6 is 0 Å². The van der Waals surface area contributed by atoms with Crippen LogP contribution in [0, 0.1) is 0 Å². The highest BCUT2D eigenvalue weighted by molar-refractivity contribution is 6.06. The molecule has 1 amide bonds. The fourth-order valence-corrected chi connectivity index (χ4v) is 4.67. The Morgan fingerprint density at radius 2 is 1.60 bits per heavy atom. The maximum atomic E-state index is 12.1. The quantitative estimate of drug-likeness (QED) is 0.225. The second kappa shape index (κ2) is 12.3. The number of carbonyl (C=O) groups excluding carboxylic acids is 1. The van der Waals surface area contributed by atoms with Crippen molar-refractivity contribution in [3.05, 3.63) is 66.0 Å². The predicted molar refractivity (Wildman–Crippen MR) is 145 cm³/mol. The van der Waals surface area contributed by atoms with Crippen LogP contribution in [-0.4, -0.2) is 27.0 Å². The van der Waals surface area contributed by atoms with Crippen LogP contribution in [0.25, 0.3) is 21.9 Å². The number of nitrogens with one attached hydrogen (secondary N) is 1. The number of hydrogen-bond acceptors (Lipinski definition) is 4. The molecule has 0 unspecified atom stereocenters. The smallest absolute Gasteiger partial charge is 0.251 e. The number of unbranched alkanes of at least 4 members (excludes halogenated alkanes) is 6. The summed E-state index contributed by atoms with van der Waals surface area (Å²) in [5, 5.41) is 4.14. The Bertz CT molecular complexity index is 1250. The number of para-hydroxylation sites is 1. The zero-order chi connectivity index (χ0) is 24.5. The molecule has 6 nitrogen and oxygen atoms in total. The minimum absolute atomic E-state index is 0.0143. The summed E-state index contributed by atoms with van der Waals surface area (Å²) >= 11 is 0. The number of hydrogen-bond donors (Lipinski definition) is 2. The van der Waals surface area contributed by atoms with Crippen molar-refractivity contribution < 1.29 is 4.79 Å². The first kappa shape index (κ1) is 24.7. The van der Waals surface area contributed by atoms with Crippen molar-refractivity contribution >= 4 is 33.7 Å². The summed E-state index contributed by atoms with van der Waals surface area (Å²) in [7, 11) is 0. The Morgan fingerprint density at radius 1 is 0.886 bits per heavy atom. The van der Waals surface area contributed by atoms with Gasteiger partial charge in [0.1, 0.15) is 11.3 Å². The number of nitrogens with zero attached hydrogens (tertiary/aromatic N) is 3. The third kappa shape index (κ3) is 6.18. The second-order valence-electron chi connectivity index (χ2n) is 9.24. The van der Waals surface area contributed by atoms with Gasteiger partial charge in [0.2, 0.25) is 0 Å². The Balaban J connectivity index is 1.27. The van der Waals surface area contributed by atoms with E-state index in [1.54, 1.807) is 0 Å². The highest BCUT2D eigenvalue weighted by Gasteiger charge is 2.16. The van der Waals surface area contributed by atoms with Crippen molar-refractivity contribution in [3.8, 4) is 0 Å². The van der Waals surface area contributed by atoms with Gasteiger partial charge in [-0.25, -0.2) is 9.97 Å². The molecule has 0 aliphatic rings. The average Bonchev–Trinajstić information content (AvgIpc) is 3.26. The summed E-state index contributed by atoms with van der Waals surface area (Å²) < 4.78 is 2.39. The van der Waals surface area contributed by atoms with E-state index >= 15 is 0 Å². The number of imidazole rings is 1. The molecule has 0 spiro atoms. The Hall–Kier alpha value is -3.41. The van der Waals surface area contributed by atoms with Gasteiger partial charge >= 0.3 is 0 Å². The molecule has 4 rings (SSSR count). The predicted octanol–water partition coefficient (Wildman–Crippen LogP) is 6.28. The standard InChI is InChI=1S/C29H37N5O/c1-2-3-19-25-33-26-27(23-17-11-12-18-24(23)32-28(26)30)34(25)21-14-7-5-4-6-13-20-31-29(35)22-15-9-8-10-16-22/h8-12,15-18H,2-7,13-14,19-21H2,1H3,(H2,30,32)(H,31,35). The van der Waals surface area contributed by atoms with Gasteiger partial charge < -0.3 is 15.6 Å². The van der Waals surface area contributed by atoms with Gasteiger partial charge in [-0.2, -0.15) is 0 Å². The van der Waals surface area contributed by atoms with Crippen LogP contribution in [0.4, 0.5) is 5.82 Å². The molecule has 0 bridgehead atoms. The summed E-state index contributed by atoms with van der Waals surface area (Å²) in [4.78, 5) is 21.6. The molecule has 0 atom stereocenters. The summed E-state index contributed by atoms with van der Waals surface area (Å²) in [5.41, 5.74) is 9.93. The molecule has 6 heteroatoms. The fraction of sp³-hybridized carbons (Fsp3) is 0.414. The molecule has 2 heterocycles. The molecule has 35 heavy (non-hydrogen) atoms. The van der Waals surface area contributed by atoms with Crippen LogP contribution in [-0.2, 0) is 13.0 Å². The van der Waals surface area contributed by atoms with Gasteiger partial charge in [0.15, 0.2) is 5.82 Å². The van der Waals surface area contributed by atoms with Crippen LogP contribution in [0.1, 0.15) is 74.5 Å². The summed E-state index contributed by atoms with van der Waals surface area (Å²) in [6.07, 6.45) is 10.1. The number of rotatable bonds is 13. The van der Waals surface area contributed by atoms with Gasteiger partial charge in [0.05, 0.1) is 11.0 Å². The zero-order valence-corrected chi connectivity index (χ0v) is 20.8. The third-order valence-corrected chi connectivity index (χ3v) is 6.57. The van der Waals surface area contributed by atoms with Gasteiger partial charge in [-0.3, -0.25) is 4.79 Å². The van der Waals surface area contributed by atoms with Crippen LogP contribution in [0.2, 0.25) is 0 Å². The van der Waals surface area contributed by atoms with E-state index in [4.69, 9.17) is 10.7 Å². The van der Waals surface area contributed by atoms with Crippen LogP contribution < -0.4 is 11.1 Å². The number of nitrogens with two attached hydrogens (primary N) is 1. The number of carbonyl (C=O) groups is 1. The van der Waals surface area contributed by atoms with E-state index in [1.807, 2.05) is 42.5 Å². The molecule has 184 valence electrons. The van der Waals surface area contributed by atoms with Gasteiger partial charge in [-0.1, -0.05) is 75.4 Å². The molecule has 0 aliphatic heterocycles. The second-order valence-corrected chi connectivity index (χ2v) is 9.24. The molecular formula is C29H37N5O. The monoisotopic (exact) mass is 471 g/mol. The van der Waals surface area contributed by atoms with Gasteiger partial charge in [-0.15, -0.1) is 0 Å². The van der Waals surface area contributed by atoms with Crippen molar-refractivity contribution in [2.75, 3.05) is 12.3 Å². The summed E-state index contributed by atoms with van der Waals surface area (Å²) in [6.45, 7) is 3.90. The van der Waals surface area contributed by atoms with Gasteiger partial charge in [-0.05, 0) is 37.5 Å². The molecular weight excluding hydrogens is 434 g/mol. The molecule has 3 N–H and O–H groups in total. The van der Waals surface area contributed by atoms with E-state index in [9.17, 15) is 4.79 Å². The van der Waals surface area contributed by atoms with E-state index in [-0.39, 0.29) is 5.91 Å². The minimum atomic E-state index is 0.0143. The van der Waals surface area contributed by atoms with Crippen molar-refractivity contribution in [2.24, 2.45) is 0 Å². The van der Waals surface area contributed by atoms with E-state index in [1.165, 1.54) is 19.3 Å². The normalized spacial score (nSPS) is 11.3. The molecule has 2 aromatic heterocycles. The largest absolute Gasteiger partial charge is 0.382 e. The summed E-state index contributed by atoms with van der Waals surface area (Å²) in [6, 6.07) is 17.6. The molecule has 2 aromatic carbocycles. The summed E-state index contributed by atoms with van der Waals surface area (Å²) in [5.74, 6) is 1.66. The zero-order valence-electron chi connectivity index (χ0n) is 20.8. The van der Waals surface area contributed by atoms with E-state index in [0.717, 1.165) is 84.9 Å². The highest BCUT2D eigenvalue weighted by Crippen LogP contribution is 2.29. The maximum Gasteiger partial charge on any atom is 0.251 e. The number of fused-ring (bicyclic) bond motifs is 3. The number of benzene rings is 2. The van der Waals surface area contributed by atoms with Crippen molar-refractivity contribution in [1.29, 1.82) is 0 Å². The number of pyridine rings is 1. The van der Waals surface area contributed by atoms with Gasteiger partial charge in [0.25, 0.3) is 5.91 Å². The topological polar surface area (TPSA) is 85.8 Å². The number of anilines is 1. The first-order valence-electron chi connectivity index (χ1n) is 13.1. The van der Waals surface area contributed by atoms with Crippen molar-refractivity contribution in [3.63, 3.8) is 0 Å². The lowest BCUT2D eigenvalue weighted by Gasteiger charge is -2.11. The fourth-order valence-electron chi connectivity index (χ4n) is 4.67. The van der Waals surface area contributed by atoms with Crippen LogP contribution in [0.3, 0.4) is 0 Å². The minimum Gasteiger partial charge on any atom is -0.382 e. The number of nitrogen functional groups attached to an aromatic ring is 1. The SMILES string of the molecule is CCCCc1nc2c(N)nc3ccccc3c2n1CCCCCCCCNC(=O)c1ccccc1. The first-order valence-corrected chi connectivity index (χ1v) is 13.1. The molecule has 4 aromatic rings. The number of aromatic nitrogens is 3. The molecule has 0 saturated carbocycles. The molecule has 0 saturated heterocycles. The Labute approximate surface area is 208 Å². The first-order chi connectivity index (χ1) is 17.2. The van der Waals surface area contributed by atoms with Gasteiger partial charge in [0, 0.05) is 30.5 Å². The lowest BCUT2D eigenvalue weighted by atomic mass is 10.1. The van der Waals surface area contributed by atoms with E-state index in [0.29, 0.717) is 5.82 Å². The van der Waals surface area contributed by atoms with Crippen molar-refractivity contribution in [2.45, 2.75) is 71.3 Å². The lowest BCUT2D eigenvalue weighted by Crippen LogP contribution is -2.24. The Morgan fingerprint density at radius 3 is 2.40 bits per heavy atom. The third-order valence-electron chi connectivity index (χ3n) is 6.57. The van der Waals surface area contributed by atoms with E-state index < -0.39 is 0 Å². The van der Waals surface area contributed by atoms with Crippen LogP contribution in [0.15, 0.2) is 54.6 Å². The highest BCUT2D eigenvalue weighted by atomic mass is 16.1. The Kier molecular flexibility index (Phi) is 8.71. The molecule has 0 fully saturated rings. The van der Waals surface area contributed by atoms with E-state index in [2.05, 4.69) is 33.9 Å². The number of amides is 1. The van der Waals surface area contributed by atoms with Crippen LogP contribution in [0.5, 0.6) is 0 Å².